The van der Waals surface area contributed by atoms with Gasteiger partial charge in [-0.15, -0.1) is 0 Å². The van der Waals surface area contributed by atoms with Crippen LogP contribution < -0.4 is 5.73 Å². The van der Waals surface area contributed by atoms with Crippen molar-refractivity contribution in [3.8, 4) is 0 Å². The zero-order chi connectivity index (χ0) is 15.2. The van der Waals surface area contributed by atoms with E-state index in [1.165, 1.54) is 5.57 Å². The second-order valence-electron chi connectivity index (χ2n) is 5.88. The molecule has 2 rings (SSSR count). The molecule has 0 radical (unpaired) electrons. The number of carboxylic acid groups (broad SMARTS) is 1. The minimum atomic E-state index is -0.935. The van der Waals surface area contributed by atoms with Gasteiger partial charge in [0.15, 0.2) is 6.29 Å². The lowest BCUT2D eigenvalue weighted by atomic mass is 9.84. The maximum absolute atomic E-state index is 10.8. The molecule has 1 heterocycles. The molecule has 2 aliphatic rings. The lowest BCUT2D eigenvalue weighted by Crippen LogP contribution is -2.30. The molecule has 118 valence electrons. The number of carbonyl (C=O) groups is 1. The molecule has 5 nitrogen and oxygen atoms in total. The van der Waals surface area contributed by atoms with Crippen LogP contribution in [0.25, 0.3) is 0 Å². The van der Waals surface area contributed by atoms with Crippen LogP contribution >= 0.6 is 0 Å². The molecule has 0 aromatic heterocycles. The molecule has 1 aliphatic carbocycles. The van der Waals surface area contributed by atoms with Gasteiger partial charge in [-0.3, -0.25) is 4.79 Å². The van der Waals surface area contributed by atoms with Crippen molar-refractivity contribution >= 4 is 5.97 Å². The van der Waals surface area contributed by atoms with Crippen molar-refractivity contribution in [2.75, 3.05) is 13.2 Å². The Bertz CT molecular complexity index is 424. The molecule has 1 aliphatic heterocycles. The zero-order valence-corrected chi connectivity index (χ0v) is 12.6. The van der Waals surface area contributed by atoms with Crippen molar-refractivity contribution in [2.45, 2.75) is 51.4 Å². The van der Waals surface area contributed by atoms with Crippen LogP contribution in [0.4, 0.5) is 0 Å². The Morgan fingerprint density at radius 2 is 2.14 bits per heavy atom. The minimum Gasteiger partial charge on any atom is -0.480 e. The van der Waals surface area contributed by atoms with Crippen molar-refractivity contribution in [3.05, 3.63) is 23.3 Å². The maximum Gasteiger partial charge on any atom is 0.320 e. The molecule has 5 heteroatoms. The average molecular weight is 295 g/mol. The molecule has 0 aromatic rings. The number of rotatable bonds is 7. The summed E-state index contributed by atoms with van der Waals surface area (Å²) in [5.41, 5.74) is 8.13. The summed E-state index contributed by atoms with van der Waals surface area (Å²) in [6, 6.07) is -0.796. The van der Waals surface area contributed by atoms with E-state index in [-0.39, 0.29) is 6.29 Å². The van der Waals surface area contributed by atoms with E-state index in [0.717, 1.165) is 31.3 Å². The summed E-state index contributed by atoms with van der Waals surface area (Å²) >= 11 is 0. The molecule has 0 aromatic carbocycles. The van der Waals surface area contributed by atoms with Gasteiger partial charge in [-0.05, 0) is 38.0 Å². The van der Waals surface area contributed by atoms with E-state index < -0.39 is 12.0 Å². The largest absolute Gasteiger partial charge is 0.480 e. The van der Waals surface area contributed by atoms with Crippen molar-refractivity contribution in [1.29, 1.82) is 0 Å². The number of nitrogens with two attached hydrogens (primary N) is 1. The quantitative estimate of drug-likeness (QED) is 0.752. The summed E-state index contributed by atoms with van der Waals surface area (Å²) in [4.78, 5) is 10.8. The Morgan fingerprint density at radius 1 is 1.43 bits per heavy atom. The van der Waals surface area contributed by atoms with Crippen molar-refractivity contribution in [1.82, 2.24) is 0 Å². The van der Waals surface area contributed by atoms with Gasteiger partial charge in [0, 0.05) is 0 Å². The summed E-state index contributed by atoms with van der Waals surface area (Å²) in [5.74, 6) is -0.480. The SMILES string of the molecule is CC1CC(CC(N)C(=O)O)=CC=C1CCCC1OCCO1. The summed E-state index contributed by atoms with van der Waals surface area (Å²) < 4.78 is 10.9. The zero-order valence-electron chi connectivity index (χ0n) is 12.6. The van der Waals surface area contributed by atoms with Gasteiger partial charge in [0.1, 0.15) is 6.04 Å². The van der Waals surface area contributed by atoms with Gasteiger partial charge in [-0.25, -0.2) is 0 Å². The van der Waals surface area contributed by atoms with E-state index in [0.29, 0.717) is 25.6 Å². The second-order valence-corrected chi connectivity index (χ2v) is 5.88. The molecule has 0 saturated carbocycles. The highest BCUT2D eigenvalue weighted by atomic mass is 16.7. The van der Waals surface area contributed by atoms with Crippen LogP contribution in [0.2, 0.25) is 0 Å². The van der Waals surface area contributed by atoms with Crippen LogP contribution in [-0.4, -0.2) is 36.6 Å². The van der Waals surface area contributed by atoms with Crippen LogP contribution in [0.15, 0.2) is 23.3 Å². The van der Waals surface area contributed by atoms with Crippen LogP contribution in [0.5, 0.6) is 0 Å². The predicted molar refractivity (Wildman–Crippen MR) is 79.7 cm³/mol. The first kappa shape index (κ1) is 16.2. The van der Waals surface area contributed by atoms with E-state index in [1.807, 2.05) is 6.08 Å². The number of carboxylic acids is 1. The van der Waals surface area contributed by atoms with Gasteiger partial charge < -0.3 is 20.3 Å². The van der Waals surface area contributed by atoms with E-state index >= 15 is 0 Å². The van der Waals surface area contributed by atoms with Gasteiger partial charge in [0.05, 0.1) is 13.2 Å². The lowest BCUT2D eigenvalue weighted by molar-refractivity contribution is -0.138. The molecule has 0 bridgehead atoms. The number of ether oxygens (including phenoxy) is 2. The van der Waals surface area contributed by atoms with E-state index in [4.69, 9.17) is 20.3 Å². The fourth-order valence-corrected chi connectivity index (χ4v) is 2.88. The van der Waals surface area contributed by atoms with Crippen molar-refractivity contribution in [3.63, 3.8) is 0 Å². The molecule has 1 saturated heterocycles. The normalized spacial score (nSPS) is 24.6. The predicted octanol–water partition coefficient (Wildman–Crippen LogP) is 2.22. The highest BCUT2D eigenvalue weighted by Crippen LogP contribution is 2.30. The van der Waals surface area contributed by atoms with Gasteiger partial charge >= 0.3 is 5.97 Å². The molecular weight excluding hydrogens is 270 g/mol. The number of hydrogen-bond acceptors (Lipinski definition) is 4. The number of hydrogen-bond donors (Lipinski definition) is 2. The van der Waals surface area contributed by atoms with Crippen LogP contribution in [0, 0.1) is 5.92 Å². The molecule has 0 amide bonds. The fraction of sp³-hybridized carbons (Fsp3) is 0.688. The molecule has 2 unspecified atom stereocenters. The Balaban J connectivity index is 1.79. The lowest BCUT2D eigenvalue weighted by Gasteiger charge is -2.23. The smallest absolute Gasteiger partial charge is 0.320 e. The van der Waals surface area contributed by atoms with Crippen LogP contribution in [0.3, 0.4) is 0 Å². The molecule has 3 N–H and O–H groups in total. The molecule has 2 atom stereocenters. The van der Waals surface area contributed by atoms with Crippen LogP contribution in [-0.2, 0) is 14.3 Å². The Labute approximate surface area is 125 Å². The monoisotopic (exact) mass is 295 g/mol. The highest BCUT2D eigenvalue weighted by molar-refractivity contribution is 5.73. The third-order valence-corrected chi connectivity index (χ3v) is 4.13. The Morgan fingerprint density at radius 3 is 2.76 bits per heavy atom. The fourth-order valence-electron chi connectivity index (χ4n) is 2.88. The maximum atomic E-state index is 10.8. The first-order chi connectivity index (χ1) is 10.1. The van der Waals surface area contributed by atoms with Gasteiger partial charge in [-0.1, -0.05) is 30.2 Å². The third-order valence-electron chi connectivity index (χ3n) is 4.13. The Kier molecular flexibility index (Phi) is 5.96. The first-order valence-electron chi connectivity index (χ1n) is 7.66. The van der Waals surface area contributed by atoms with Crippen molar-refractivity contribution < 1.29 is 19.4 Å². The molecular formula is C16H25NO4. The molecule has 1 fully saturated rings. The van der Waals surface area contributed by atoms with E-state index in [2.05, 4.69) is 13.0 Å². The van der Waals surface area contributed by atoms with Crippen molar-refractivity contribution in [2.24, 2.45) is 11.7 Å². The standard InChI is InChI=1S/C16H25NO4/c1-11-9-12(10-14(17)16(18)19)5-6-13(11)3-2-4-15-20-7-8-21-15/h5-6,11,14-15H,2-4,7-10,17H2,1H3,(H,18,19). The highest BCUT2D eigenvalue weighted by Gasteiger charge is 2.20. The molecule has 0 spiro atoms. The van der Waals surface area contributed by atoms with Gasteiger partial charge in [-0.2, -0.15) is 0 Å². The number of allylic oxidation sites excluding steroid dienone is 3. The third kappa shape index (κ3) is 4.95. The van der Waals surface area contributed by atoms with Gasteiger partial charge in [0.25, 0.3) is 0 Å². The second kappa shape index (κ2) is 7.73. The van der Waals surface area contributed by atoms with Crippen LogP contribution in [0.1, 0.15) is 39.0 Å². The Hall–Kier alpha value is -1.17. The summed E-state index contributed by atoms with van der Waals surface area (Å²) in [6.07, 6.45) is 8.53. The van der Waals surface area contributed by atoms with Gasteiger partial charge in [0.2, 0.25) is 0 Å². The first-order valence-corrected chi connectivity index (χ1v) is 7.66. The summed E-state index contributed by atoms with van der Waals surface area (Å²) in [6.45, 7) is 3.60. The summed E-state index contributed by atoms with van der Waals surface area (Å²) in [7, 11) is 0. The summed E-state index contributed by atoms with van der Waals surface area (Å²) in [5, 5.41) is 8.86. The van der Waals surface area contributed by atoms with E-state index in [9.17, 15) is 4.79 Å². The molecule has 21 heavy (non-hydrogen) atoms. The average Bonchev–Trinajstić information content (AvgIpc) is 2.94. The minimum absolute atomic E-state index is 0.0239. The number of aliphatic carboxylic acids is 1. The topological polar surface area (TPSA) is 81.8 Å². The van der Waals surface area contributed by atoms with E-state index in [1.54, 1.807) is 0 Å².